The van der Waals surface area contributed by atoms with Crippen LogP contribution in [0.5, 0.6) is 11.5 Å². The molecule has 6 nitrogen and oxygen atoms in total. The van der Waals surface area contributed by atoms with Crippen molar-refractivity contribution in [2.24, 2.45) is 0 Å². The van der Waals surface area contributed by atoms with Crippen LogP contribution >= 0.6 is 23.2 Å². The third-order valence-electron chi connectivity index (χ3n) is 3.43. The quantitative estimate of drug-likeness (QED) is 0.739. The highest BCUT2D eigenvalue weighted by molar-refractivity contribution is 6.34. The molecule has 0 aromatic heterocycles. The average Bonchev–Trinajstić information content (AvgIpc) is 2.62. The van der Waals surface area contributed by atoms with E-state index in [2.05, 4.69) is 10.1 Å². The van der Waals surface area contributed by atoms with Crippen LogP contribution in [0.3, 0.4) is 0 Å². The maximum absolute atomic E-state index is 12.4. The second-order valence-electron chi connectivity index (χ2n) is 5.23. The van der Waals surface area contributed by atoms with Gasteiger partial charge in [-0.2, -0.15) is 0 Å². The summed E-state index contributed by atoms with van der Waals surface area (Å²) in [5.74, 6) is -0.344. The van der Waals surface area contributed by atoms with Crippen molar-refractivity contribution in [1.29, 1.82) is 0 Å². The number of carbonyl (C=O) groups excluding carboxylic acids is 2. The third kappa shape index (κ3) is 4.80. The molecule has 2 rings (SSSR count). The van der Waals surface area contributed by atoms with Crippen LogP contribution in [-0.4, -0.2) is 32.2 Å². The van der Waals surface area contributed by atoms with Gasteiger partial charge in [0, 0.05) is 11.1 Å². The Labute approximate surface area is 160 Å². The SMILES string of the molecule is COC(=O)c1cc(Cl)c(NC(=O)[C@@H](C)Oc2cccc(Cl)c2)cc1OC. The number of halogens is 2. The summed E-state index contributed by atoms with van der Waals surface area (Å²) in [6.45, 7) is 1.59. The van der Waals surface area contributed by atoms with E-state index in [4.69, 9.17) is 32.7 Å². The molecule has 1 atom stereocenters. The van der Waals surface area contributed by atoms with Crippen LogP contribution in [0.2, 0.25) is 10.0 Å². The van der Waals surface area contributed by atoms with E-state index in [-0.39, 0.29) is 22.0 Å². The topological polar surface area (TPSA) is 73.9 Å². The Morgan fingerprint density at radius 1 is 1.12 bits per heavy atom. The Hall–Kier alpha value is -2.44. The fraction of sp³-hybridized carbons (Fsp3) is 0.222. The van der Waals surface area contributed by atoms with Crippen molar-refractivity contribution in [3.63, 3.8) is 0 Å². The normalized spacial score (nSPS) is 11.4. The summed E-state index contributed by atoms with van der Waals surface area (Å²) >= 11 is 12.0. The molecule has 8 heteroatoms. The van der Waals surface area contributed by atoms with Crippen LogP contribution in [0.1, 0.15) is 17.3 Å². The molecule has 0 radical (unpaired) electrons. The molecule has 26 heavy (non-hydrogen) atoms. The van der Waals surface area contributed by atoms with E-state index in [1.165, 1.54) is 26.4 Å². The number of carbonyl (C=O) groups is 2. The highest BCUT2D eigenvalue weighted by atomic mass is 35.5. The molecular weight excluding hydrogens is 381 g/mol. The molecule has 1 N–H and O–H groups in total. The summed E-state index contributed by atoms with van der Waals surface area (Å²) < 4.78 is 15.4. The Balaban J connectivity index is 2.16. The van der Waals surface area contributed by atoms with Gasteiger partial charge in [0.2, 0.25) is 0 Å². The zero-order chi connectivity index (χ0) is 19.3. The van der Waals surface area contributed by atoms with Gasteiger partial charge < -0.3 is 19.5 Å². The average molecular weight is 398 g/mol. The molecule has 0 aliphatic heterocycles. The van der Waals surface area contributed by atoms with Crippen LogP contribution in [-0.2, 0) is 9.53 Å². The molecule has 0 aliphatic carbocycles. The molecule has 0 fully saturated rings. The summed E-state index contributed by atoms with van der Waals surface area (Å²) in [6, 6.07) is 9.52. The summed E-state index contributed by atoms with van der Waals surface area (Å²) in [6.07, 6.45) is -0.809. The molecule has 1 amide bonds. The smallest absolute Gasteiger partial charge is 0.341 e. The number of esters is 1. The Kier molecular flexibility index (Phi) is 6.71. The molecule has 138 valence electrons. The predicted molar refractivity (Wildman–Crippen MR) is 99.5 cm³/mol. The monoisotopic (exact) mass is 397 g/mol. The standard InChI is InChI=1S/C18H17Cl2NO5/c1-10(26-12-6-4-5-11(19)7-12)17(22)21-15-9-16(24-2)13(8-14(15)20)18(23)25-3/h4-10H,1-3H3,(H,21,22)/t10-/m1/s1. The minimum atomic E-state index is -0.809. The number of hydrogen-bond acceptors (Lipinski definition) is 5. The lowest BCUT2D eigenvalue weighted by atomic mass is 10.1. The number of ether oxygens (including phenoxy) is 3. The molecule has 0 saturated carbocycles. The van der Waals surface area contributed by atoms with E-state index in [0.29, 0.717) is 10.8 Å². The molecule has 0 heterocycles. The van der Waals surface area contributed by atoms with Gasteiger partial charge in [-0.05, 0) is 31.2 Å². The maximum atomic E-state index is 12.4. The molecule has 0 aliphatic rings. The number of benzene rings is 2. The zero-order valence-corrected chi connectivity index (χ0v) is 15.9. The highest BCUT2D eigenvalue weighted by Crippen LogP contribution is 2.31. The number of hydrogen-bond donors (Lipinski definition) is 1. The van der Waals surface area contributed by atoms with Gasteiger partial charge in [-0.15, -0.1) is 0 Å². The van der Waals surface area contributed by atoms with Gasteiger partial charge in [-0.1, -0.05) is 29.3 Å². The van der Waals surface area contributed by atoms with Gasteiger partial charge in [0.25, 0.3) is 5.91 Å². The fourth-order valence-electron chi connectivity index (χ4n) is 2.12. The second-order valence-corrected chi connectivity index (χ2v) is 6.07. The Bertz CT molecular complexity index is 825. The van der Waals surface area contributed by atoms with Gasteiger partial charge in [-0.3, -0.25) is 4.79 Å². The molecular formula is C18H17Cl2NO5. The Morgan fingerprint density at radius 2 is 1.85 bits per heavy atom. The lowest BCUT2D eigenvalue weighted by Gasteiger charge is -2.17. The zero-order valence-electron chi connectivity index (χ0n) is 14.3. The van der Waals surface area contributed by atoms with Crippen LogP contribution in [0.4, 0.5) is 5.69 Å². The molecule has 0 saturated heterocycles. The van der Waals surface area contributed by atoms with Crippen molar-refractivity contribution in [3.8, 4) is 11.5 Å². The van der Waals surface area contributed by atoms with Crippen molar-refractivity contribution >= 4 is 40.8 Å². The predicted octanol–water partition coefficient (Wildman–Crippen LogP) is 4.19. The first-order valence-corrected chi connectivity index (χ1v) is 8.30. The Morgan fingerprint density at radius 3 is 2.46 bits per heavy atom. The van der Waals surface area contributed by atoms with Crippen molar-refractivity contribution in [3.05, 3.63) is 52.0 Å². The molecule has 0 bridgehead atoms. The van der Waals surface area contributed by atoms with Crippen LogP contribution < -0.4 is 14.8 Å². The lowest BCUT2D eigenvalue weighted by molar-refractivity contribution is -0.122. The van der Waals surface area contributed by atoms with E-state index in [0.717, 1.165) is 0 Å². The van der Waals surface area contributed by atoms with E-state index in [1.54, 1.807) is 31.2 Å². The summed E-state index contributed by atoms with van der Waals surface area (Å²) in [5, 5.41) is 3.31. The van der Waals surface area contributed by atoms with Crippen molar-refractivity contribution in [2.75, 3.05) is 19.5 Å². The maximum Gasteiger partial charge on any atom is 0.341 e. The molecule has 0 spiro atoms. The number of methoxy groups -OCH3 is 2. The number of nitrogens with one attached hydrogen (secondary N) is 1. The second kappa shape index (κ2) is 8.78. The van der Waals surface area contributed by atoms with Gasteiger partial charge in [0.15, 0.2) is 6.10 Å². The van der Waals surface area contributed by atoms with E-state index in [9.17, 15) is 9.59 Å². The first-order chi connectivity index (χ1) is 12.3. The van der Waals surface area contributed by atoms with E-state index in [1.807, 2.05) is 0 Å². The van der Waals surface area contributed by atoms with Gasteiger partial charge in [0.1, 0.15) is 17.1 Å². The van der Waals surface area contributed by atoms with Crippen molar-refractivity contribution in [2.45, 2.75) is 13.0 Å². The third-order valence-corrected chi connectivity index (χ3v) is 3.98. The van der Waals surface area contributed by atoms with E-state index >= 15 is 0 Å². The summed E-state index contributed by atoms with van der Waals surface area (Å²) in [7, 11) is 2.65. The lowest BCUT2D eigenvalue weighted by Crippen LogP contribution is -2.30. The van der Waals surface area contributed by atoms with Crippen molar-refractivity contribution < 1.29 is 23.8 Å². The molecule has 0 unspecified atom stereocenters. The first-order valence-electron chi connectivity index (χ1n) is 7.54. The van der Waals surface area contributed by atoms with Gasteiger partial charge in [-0.25, -0.2) is 4.79 Å². The summed E-state index contributed by atoms with van der Waals surface area (Å²) in [4.78, 5) is 24.1. The minimum absolute atomic E-state index is 0.154. The molecule has 2 aromatic rings. The first kappa shape index (κ1) is 19.9. The fourth-order valence-corrected chi connectivity index (χ4v) is 2.51. The minimum Gasteiger partial charge on any atom is -0.496 e. The van der Waals surface area contributed by atoms with Crippen LogP contribution in [0.25, 0.3) is 0 Å². The number of anilines is 1. The van der Waals surface area contributed by atoms with Gasteiger partial charge >= 0.3 is 5.97 Å². The van der Waals surface area contributed by atoms with Gasteiger partial charge in [0.05, 0.1) is 24.9 Å². The summed E-state index contributed by atoms with van der Waals surface area (Å²) in [5.41, 5.74) is 0.434. The number of amides is 1. The largest absolute Gasteiger partial charge is 0.496 e. The molecule has 2 aromatic carbocycles. The van der Waals surface area contributed by atoms with Crippen LogP contribution in [0.15, 0.2) is 36.4 Å². The van der Waals surface area contributed by atoms with Crippen LogP contribution in [0, 0.1) is 0 Å². The van der Waals surface area contributed by atoms with Crippen molar-refractivity contribution in [1.82, 2.24) is 0 Å². The van der Waals surface area contributed by atoms with E-state index < -0.39 is 18.0 Å². The highest BCUT2D eigenvalue weighted by Gasteiger charge is 2.20. The number of rotatable bonds is 6.